The van der Waals surface area contributed by atoms with Gasteiger partial charge < -0.3 is 20.3 Å². The summed E-state index contributed by atoms with van der Waals surface area (Å²) in [4.78, 5) is 18.6. The van der Waals surface area contributed by atoms with Gasteiger partial charge in [-0.25, -0.2) is 0 Å². The smallest absolute Gasteiger partial charge is 0.240 e. The average Bonchev–Trinajstić information content (AvgIpc) is 2.43. The molecule has 6 nitrogen and oxygen atoms in total. The third-order valence-electron chi connectivity index (χ3n) is 5.15. The first-order chi connectivity index (χ1) is 10.9. The molecule has 0 aromatic rings. The maximum absolute atomic E-state index is 12.2. The Balaban J connectivity index is 2.72. The molecule has 24 heavy (non-hydrogen) atoms. The van der Waals surface area contributed by atoms with Crippen molar-refractivity contribution in [2.75, 3.05) is 27.2 Å². The van der Waals surface area contributed by atoms with Gasteiger partial charge in [-0.3, -0.25) is 9.79 Å². The molecular formula is C18H36N4O2. The van der Waals surface area contributed by atoms with E-state index in [1.165, 1.54) is 0 Å². The Morgan fingerprint density at radius 2 is 1.92 bits per heavy atom. The fourth-order valence-electron chi connectivity index (χ4n) is 3.05. The first-order valence-electron chi connectivity index (χ1n) is 8.74. The summed E-state index contributed by atoms with van der Waals surface area (Å²) in [5, 5.41) is 6.50. The van der Waals surface area contributed by atoms with E-state index in [1.807, 2.05) is 39.6 Å². The molecule has 0 aromatic heterocycles. The SMILES string of the molecule is CCN=C(NC1CC(C)(OC)C1(C)C)N(C)CC(=O)NC(C)(C)C. The zero-order valence-electron chi connectivity index (χ0n) is 16.9. The van der Waals surface area contributed by atoms with Crippen LogP contribution in [0.25, 0.3) is 0 Å². The van der Waals surface area contributed by atoms with Crippen LogP contribution in [0.4, 0.5) is 0 Å². The van der Waals surface area contributed by atoms with E-state index in [9.17, 15) is 4.79 Å². The molecule has 2 N–H and O–H groups in total. The van der Waals surface area contributed by atoms with Gasteiger partial charge in [0.05, 0.1) is 12.1 Å². The summed E-state index contributed by atoms with van der Waals surface area (Å²) in [7, 11) is 3.66. The Morgan fingerprint density at radius 3 is 2.33 bits per heavy atom. The van der Waals surface area contributed by atoms with Gasteiger partial charge in [-0.05, 0) is 41.0 Å². The molecule has 2 atom stereocenters. The number of nitrogens with zero attached hydrogens (tertiary/aromatic N) is 2. The van der Waals surface area contributed by atoms with Crippen molar-refractivity contribution in [1.82, 2.24) is 15.5 Å². The van der Waals surface area contributed by atoms with Crippen molar-refractivity contribution >= 4 is 11.9 Å². The van der Waals surface area contributed by atoms with Gasteiger partial charge in [-0.1, -0.05) is 13.8 Å². The van der Waals surface area contributed by atoms with E-state index in [0.717, 1.165) is 12.4 Å². The maximum Gasteiger partial charge on any atom is 0.240 e. The van der Waals surface area contributed by atoms with Crippen LogP contribution in [-0.4, -0.2) is 61.2 Å². The highest BCUT2D eigenvalue weighted by Gasteiger charge is 2.58. The van der Waals surface area contributed by atoms with Crippen molar-refractivity contribution < 1.29 is 9.53 Å². The summed E-state index contributed by atoms with van der Waals surface area (Å²) in [5.41, 5.74) is -0.376. The number of nitrogens with one attached hydrogen (secondary N) is 2. The Bertz CT molecular complexity index is 482. The monoisotopic (exact) mass is 340 g/mol. The van der Waals surface area contributed by atoms with Crippen molar-refractivity contribution in [3.05, 3.63) is 0 Å². The number of aliphatic imine (C=N–C) groups is 1. The van der Waals surface area contributed by atoms with Crippen LogP contribution in [0.2, 0.25) is 0 Å². The molecule has 140 valence electrons. The summed E-state index contributed by atoms with van der Waals surface area (Å²) in [6, 6.07) is 0.265. The predicted octanol–water partition coefficient (Wildman–Crippen LogP) is 2.00. The third kappa shape index (κ3) is 4.62. The zero-order valence-corrected chi connectivity index (χ0v) is 16.9. The third-order valence-corrected chi connectivity index (χ3v) is 5.15. The molecule has 1 amide bonds. The van der Waals surface area contributed by atoms with E-state index in [1.54, 1.807) is 7.11 Å². The summed E-state index contributed by atoms with van der Waals surface area (Å²) in [6.07, 6.45) is 0.918. The summed E-state index contributed by atoms with van der Waals surface area (Å²) in [5.74, 6) is 0.753. The minimum atomic E-state index is -0.232. The number of hydrogen-bond acceptors (Lipinski definition) is 3. The van der Waals surface area contributed by atoms with Crippen molar-refractivity contribution in [1.29, 1.82) is 0 Å². The van der Waals surface area contributed by atoms with Crippen molar-refractivity contribution in [3.8, 4) is 0 Å². The normalized spacial score (nSPS) is 26.5. The van der Waals surface area contributed by atoms with E-state index < -0.39 is 0 Å². The summed E-state index contributed by atoms with van der Waals surface area (Å²) in [6.45, 7) is 15.4. The van der Waals surface area contributed by atoms with Crippen molar-refractivity contribution in [2.45, 2.75) is 72.1 Å². The van der Waals surface area contributed by atoms with Crippen LogP contribution in [0.15, 0.2) is 4.99 Å². The largest absolute Gasteiger partial charge is 0.378 e. The highest BCUT2D eigenvalue weighted by molar-refractivity contribution is 5.87. The molecule has 0 aliphatic heterocycles. The van der Waals surface area contributed by atoms with E-state index in [0.29, 0.717) is 6.54 Å². The topological polar surface area (TPSA) is 66.0 Å². The molecule has 1 saturated carbocycles. The highest BCUT2D eigenvalue weighted by atomic mass is 16.5. The molecule has 1 rings (SSSR count). The lowest BCUT2D eigenvalue weighted by Gasteiger charge is -2.59. The molecule has 0 aromatic carbocycles. The minimum absolute atomic E-state index is 0.00907. The standard InChI is InChI=1S/C18H36N4O2/c1-10-19-15(22(8)12-14(23)21-16(2,3)4)20-13-11-18(7,24-9)17(13,5)6/h13H,10-12H2,1-9H3,(H,19,20)(H,21,23). The van der Waals surface area contributed by atoms with Crippen LogP contribution in [-0.2, 0) is 9.53 Å². The average molecular weight is 341 g/mol. The summed E-state index contributed by atoms with van der Waals surface area (Å²) < 4.78 is 5.68. The van der Waals surface area contributed by atoms with Gasteiger partial charge in [0, 0.05) is 37.7 Å². The number of likely N-dealkylation sites (N-methyl/N-ethyl adjacent to an activating group) is 1. The second-order valence-corrected chi connectivity index (χ2v) is 8.51. The highest BCUT2D eigenvalue weighted by Crippen LogP contribution is 2.51. The number of carbonyl (C=O) groups excluding carboxylic acids is 1. The molecular weight excluding hydrogens is 304 g/mol. The number of rotatable bonds is 5. The second-order valence-electron chi connectivity index (χ2n) is 8.51. The Kier molecular flexibility index (Phi) is 6.31. The molecule has 1 aliphatic rings. The van der Waals surface area contributed by atoms with Crippen LogP contribution >= 0.6 is 0 Å². The first-order valence-corrected chi connectivity index (χ1v) is 8.74. The van der Waals surface area contributed by atoms with Gasteiger partial charge in [0.2, 0.25) is 5.91 Å². The second kappa shape index (κ2) is 7.30. The molecule has 0 saturated heterocycles. The summed E-state index contributed by atoms with van der Waals surface area (Å²) >= 11 is 0. The molecule has 0 radical (unpaired) electrons. The molecule has 2 unspecified atom stereocenters. The van der Waals surface area contributed by atoms with E-state index >= 15 is 0 Å². The van der Waals surface area contributed by atoms with E-state index in [2.05, 4.69) is 36.4 Å². The lowest BCUT2D eigenvalue weighted by atomic mass is 9.56. The van der Waals surface area contributed by atoms with E-state index in [-0.39, 0.29) is 35.0 Å². The Morgan fingerprint density at radius 1 is 1.33 bits per heavy atom. The fraction of sp³-hybridized carbons (Fsp3) is 0.889. The number of methoxy groups -OCH3 is 1. The van der Waals surface area contributed by atoms with Crippen LogP contribution in [0.3, 0.4) is 0 Å². The molecule has 6 heteroatoms. The molecule has 0 bridgehead atoms. The van der Waals surface area contributed by atoms with Gasteiger partial charge in [-0.2, -0.15) is 0 Å². The lowest BCUT2D eigenvalue weighted by Crippen LogP contribution is -2.69. The number of hydrogen-bond donors (Lipinski definition) is 2. The lowest BCUT2D eigenvalue weighted by molar-refractivity contribution is -0.177. The van der Waals surface area contributed by atoms with Gasteiger partial charge in [0.1, 0.15) is 0 Å². The van der Waals surface area contributed by atoms with Crippen molar-refractivity contribution in [2.24, 2.45) is 10.4 Å². The van der Waals surface area contributed by atoms with Crippen LogP contribution in [0, 0.1) is 5.41 Å². The molecule has 0 heterocycles. The molecule has 1 fully saturated rings. The van der Waals surface area contributed by atoms with Crippen molar-refractivity contribution in [3.63, 3.8) is 0 Å². The van der Waals surface area contributed by atoms with E-state index in [4.69, 9.17) is 4.74 Å². The van der Waals surface area contributed by atoms with Gasteiger partial charge in [-0.15, -0.1) is 0 Å². The van der Waals surface area contributed by atoms with Crippen LogP contribution in [0.1, 0.15) is 54.9 Å². The van der Waals surface area contributed by atoms with Gasteiger partial charge in [0.15, 0.2) is 5.96 Å². The number of guanidine groups is 1. The fourth-order valence-corrected chi connectivity index (χ4v) is 3.05. The minimum Gasteiger partial charge on any atom is -0.378 e. The Hall–Kier alpha value is -1.30. The molecule has 0 spiro atoms. The van der Waals surface area contributed by atoms with Gasteiger partial charge >= 0.3 is 0 Å². The first kappa shape index (κ1) is 20.7. The maximum atomic E-state index is 12.2. The van der Waals surface area contributed by atoms with Gasteiger partial charge in [0.25, 0.3) is 0 Å². The number of ether oxygens (including phenoxy) is 1. The van der Waals surface area contributed by atoms with Crippen LogP contribution < -0.4 is 10.6 Å². The zero-order chi connectivity index (χ0) is 18.8. The number of carbonyl (C=O) groups is 1. The number of amides is 1. The predicted molar refractivity (Wildman–Crippen MR) is 99.2 cm³/mol. The molecule has 1 aliphatic carbocycles. The quantitative estimate of drug-likeness (QED) is 0.593. The Labute approximate surface area is 147 Å². The van der Waals surface area contributed by atoms with Crippen LogP contribution in [0.5, 0.6) is 0 Å².